The number of fused-ring (bicyclic) bond motifs is 5. The Balaban J connectivity index is 1.25. The van der Waals surface area contributed by atoms with Gasteiger partial charge in [0.05, 0.1) is 29.9 Å². The fourth-order valence-electron chi connectivity index (χ4n) is 8.24. The summed E-state index contributed by atoms with van der Waals surface area (Å²) in [6, 6.07) is 2.80. The monoisotopic (exact) mass is 818 g/mol. The number of methoxy groups -OCH3 is 1. The molecule has 3 heterocycles. The number of amides is 4. The lowest BCUT2D eigenvalue weighted by atomic mass is 9.85. The normalized spacial score (nSPS) is 30.8. The van der Waals surface area contributed by atoms with E-state index in [4.69, 9.17) is 24.2 Å². The van der Waals surface area contributed by atoms with Gasteiger partial charge in [0.1, 0.15) is 41.3 Å². The molecule has 15 nitrogen and oxygen atoms in total. The van der Waals surface area contributed by atoms with E-state index in [1.54, 1.807) is 45.9 Å². The molecule has 312 valence electrons. The van der Waals surface area contributed by atoms with Crippen LogP contribution in [-0.2, 0) is 35.6 Å². The lowest BCUT2D eigenvalue weighted by Crippen LogP contribution is -2.61. The lowest BCUT2D eigenvalue weighted by Gasteiger charge is -2.36. The average Bonchev–Trinajstić information content (AvgIpc) is 4.06. The summed E-state index contributed by atoms with van der Waals surface area (Å²) in [6.45, 7) is 6.81. The van der Waals surface area contributed by atoms with Crippen molar-refractivity contribution in [2.75, 3.05) is 13.7 Å². The molecule has 1 saturated heterocycles. The number of alkyl carbamates (subject to hydrolysis) is 1. The summed E-state index contributed by atoms with van der Waals surface area (Å²) in [5, 5.41) is 4.61. The number of nitrogens with one attached hydrogen (secondary N) is 3. The second kappa shape index (κ2) is 15.4. The van der Waals surface area contributed by atoms with Crippen LogP contribution < -0.4 is 24.8 Å². The van der Waals surface area contributed by atoms with E-state index in [0.29, 0.717) is 41.7 Å². The van der Waals surface area contributed by atoms with E-state index in [9.17, 15) is 36.4 Å². The van der Waals surface area contributed by atoms with Gasteiger partial charge in [0, 0.05) is 18.4 Å². The zero-order valence-electron chi connectivity index (χ0n) is 32.9. The van der Waals surface area contributed by atoms with Crippen LogP contribution in [-0.4, -0.2) is 102 Å². The molecular weight excluding hydrogens is 767 g/mol. The van der Waals surface area contributed by atoms with Crippen molar-refractivity contribution in [3.8, 4) is 11.6 Å². The predicted molar refractivity (Wildman–Crippen MR) is 202 cm³/mol. The number of carbonyl (C=O) groups is 4. The molecule has 4 amide bonds. The third-order valence-electron chi connectivity index (χ3n) is 12.0. The number of nitrogens with zero attached hydrogens (tertiary/aromatic N) is 3. The number of aryl methyl sites for hydroxylation is 1. The molecule has 18 heteroatoms. The Labute approximate surface area is 330 Å². The zero-order valence-corrected chi connectivity index (χ0v) is 33.7. The van der Waals surface area contributed by atoms with E-state index < -0.39 is 92.9 Å². The first-order chi connectivity index (χ1) is 26.9. The second-order valence-electron chi connectivity index (χ2n) is 17.4. The fraction of sp³-hybridized carbons (Fsp3) is 0.692. The molecule has 8 atom stereocenters. The summed E-state index contributed by atoms with van der Waals surface area (Å²) in [5.74, 6) is -3.42. The smallest absolute Gasteiger partial charge is 0.408 e. The molecule has 57 heavy (non-hydrogen) atoms. The van der Waals surface area contributed by atoms with Gasteiger partial charge in [-0.15, -0.1) is 0 Å². The topological polar surface area (TPSA) is 195 Å². The minimum Gasteiger partial charge on any atom is -0.497 e. The van der Waals surface area contributed by atoms with Crippen LogP contribution in [0, 0.1) is 23.2 Å². The van der Waals surface area contributed by atoms with Crippen LogP contribution in [0.3, 0.4) is 0 Å². The summed E-state index contributed by atoms with van der Waals surface area (Å²) in [4.78, 5) is 67.3. The van der Waals surface area contributed by atoms with Crippen LogP contribution in [0.2, 0.25) is 0 Å². The minimum absolute atomic E-state index is 0.154. The maximum absolute atomic E-state index is 14.7. The predicted octanol–water partition coefficient (Wildman–Crippen LogP) is 4.02. The lowest BCUT2D eigenvalue weighted by molar-refractivity contribution is -0.143. The van der Waals surface area contributed by atoms with E-state index in [2.05, 4.69) is 10.6 Å². The van der Waals surface area contributed by atoms with Crippen molar-refractivity contribution in [1.82, 2.24) is 30.2 Å². The van der Waals surface area contributed by atoms with Gasteiger partial charge in [-0.05, 0) is 74.3 Å². The Bertz CT molecular complexity index is 2030. The molecule has 2 bridgehead atoms. The van der Waals surface area contributed by atoms with Gasteiger partial charge >= 0.3 is 6.09 Å². The van der Waals surface area contributed by atoms with Gasteiger partial charge in [0.15, 0.2) is 0 Å². The molecule has 2 aromatic rings. The molecule has 2 aliphatic heterocycles. The van der Waals surface area contributed by atoms with Crippen molar-refractivity contribution in [2.24, 2.45) is 23.2 Å². The zero-order chi connectivity index (χ0) is 41.0. The quantitative estimate of drug-likeness (QED) is 0.348. The second-order valence-corrected chi connectivity index (χ2v) is 19.4. The van der Waals surface area contributed by atoms with Crippen LogP contribution >= 0.6 is 0 Å². The van der Waals surface area contributed by atoms with E-state index in [1.807, 2.05) is 4.72 Å². The molecule has 3 aliphatic carbocycles. The Hall–Kier alpha value is -4.35. The summed E-state index contributed by atoms with van der Waals surface area (Å²) in [7, 11) is -2.55. The minimum atomic E-state index is -4.08. The van der Waals surface area contributed by atoms with E-state index in [1.165, 1.54) is 12.0 Å². The summed E-state index contributed by atoms with van der Waals surface area (Å²) < 4.78 is 72.8. The van der Waals surface area contributed by atoms with Crippen molar-refractivity contribution in [3.63, 3.8) is 0 Å². The van der Waals surface area contributed by atoms with Gasteiger partial charge in [0.25, 0.3) is 5.91 Å². The maximum Gasteiger partial charge on any atom is 0.408 e. The molecule has 0 radical (unpaired) electrons. The number of ether oxygens (including phenoxy) is 3. The number of halogens is 2. The molecule has 4 fully saturated rings. The van der Waals surface area contributed by atoms with Gasteiger partial charge in [-0.25, -0.2) is 32.0 Å². The summed E-state index contributed by atoms with van der Waals surface area (Å²) in [6.07, 6.45) is -0.279. The van der Waals surface area contributed by atoms with Crippen LogP contribution in [0.4, 0.5) is 13.6 Å². The first kappa shape index (κ1) is 40.8. The highest BCUT2D eigenvalue weighted by Gasteiger charge is 2.64. The molecule has 1 unspecified atom stereocenters. The van der Waals surface area contributed by atoms with Crippen LogP contribution in [0.25, 0.3) is 11.0 Å². The summed E-state index contributed by atoms with van der Waals surface area (Å²) in [5.41, 5.74) is -1.09. The number of benzene rings is 1. The molecule has 3 saturated carbocycles. The Morgan fingerprint density at radius 3 is 2.51 bits per heavy atom. The van der Waals surface area contributed by atoms with Crippen LogP contribution in [0.1, 0.15) is 91.2 Å². The first-order valence-corrected chi connectivity index (χ1v) is 21.4. The highest BCUT2D eigenvalue weighted by atomic mass is 32.2. The average molecular weight is 819 g/mol. The number of aromatic nitrogens is 2. The van der Waals surface area contributed by atoms with E-state index in [0.717, 1.165) is 32.1 Å². The highest BCUT2D eigenvalue weighted by molar-refractivity contribution is 7.91. The number of hydrogen-bond acceptors (Lipinski definition) is 11. The Morgan fingerprint density at radius 2 is 1.82 bits per heavy atom. The van der Waals surface area contributed by atoms with Gasteiger partial charge < -0.3 is 29.7 Å². The number of hydrogen-bond donors (Lipinski definition) is 3. The Kier molecular flexibility index (Phi) is 11.1. The van der Waals surface area contributed by atoms with E-state index >= 15 is 0 Å². The van der Waals surface area contributed by atoms with Crippen molar-refractivity contribution in [3.05, 3.63) is 23.9 Å². The molecular formula is C39H52F2N6O9S. The molecule has 1 aromatic carbocycles. The van der Waals surface area contributed by atoms with Gasteiger partial charge in [-0.3, -0.25) is 19.1 Å². The molecule has 0 spiro atoms. The van der Waals surface area contributed by atoms with Gasteiger partial charge in [-0.1, -0.05) is 40.5 Å². The molecule has 1 aromatic heterocycles. The van der Waals surface area contributed by atoms with E-state index in [-0.39, 0.29) is 30.9 Å². The first-order valence-electron chi connectivity index (χ1n) is 19.9. The van der Waals surface area contributed by atoms with Crippen LogP contribution in [0.15, 0.2) is 18.2 Å². The number of carbonyl (C=O) groups excluding carboxylic acids is 4. The SMILES string of the molecule is COc1ccc2nc3c(nc2c1)O[C@H]1CN(C(=O)[C@H](C(C)(C)C)NC(=O)O[C@@H]2CC2CCCCC3)[C@H](C(=O)N[C@]2(C(=O)NS(=O)(=O)C3CC3)C[C@H]2CC(F)F)[C@@H]1C. The third kappa shape index (κ3) is 8.75. The van der Waals surface area contributed by atoms with Crippen molar-refractivity contribution < 1.29 is 50.6 Å². The fourth-order valence-corrected chi connectivity index (χ4v) is 9.60. The Morgan fingerprint density at radius 1 is 1.07 bits per heavy atom. The number of rotatable bonds is 8. The molecule has 3 N–H and O–H groups in total. The summed E-state index contributed by atoms with van der Waals surface area (Å²) >= 11 is 0. The number of sulfonamides is 1. The standard InChI is InChI=1S/C39H52F2N6O9S/c1-20-29-19-47(31(20)33(48)45-39(18-22(39)16-30(40)41)36(50)46-57(52,53)24-12-13-24)35(49)32(38(2,3)4)44-37(51)56-28-15-21(28)9-7-6-8-10-26-34(55-29)43-27-17-23(54-5)11-14-25(27)42-26/h11,14,17,20-22,24,28-32H,6-10,12-13,15-16,18-19H2,1-5H3,(H,44,51)(H,45,48)(H,46,50)/t20-,21?,22-,28-,29+,31+,32-,39-/m1/s1. The van der Waals surface area contributed by atoms with Crippen molar-refractivity contribution >= 4 is 44.9 Å². The van der Waals surface area contributed by atoms with Crippen molar-refractivity contribution in [2.45, 2.75) is 133 Å². The van der Waals surface area contributed by atoms with Crippen LogP contribution in [0.5, 0.6) is 11.6 Å². The third-order valence-corrected chi connectivity index (χ3v) is 13.8. The molecule has 7 rings (SSSR count). The molecule has 5 aliphatic rings. The van der Waals surface area contributed by atoms with Gasteiger partial charge in [-0.2, -0.15) is 0 Å². The largest absolute Gasteiger partial charge is 0.497 e. The highest BCUT2D eigenvalue weighted by Crippen LogP contribution is 2.48. The van der Waals surface area contributed by atoms with Crippen molar-refractivity contribution in [1.29, 1.82) is 0 Å². The van der Waals surface area contributed by atoms with Gasteiger partial charge in [0.2, 0.25) is 34.1 Å². The number of alkyl halides is 2. The maximum atomic E-state index is 14.7.